The Hall–Kier alpha value is -3.00. The molecule has 0 aliphatic heterocycles. The van der Waals surface area contributed by atoms with Crippen molar-refractivity contribution in [1.82, 2.24) is 0 Å². The second-order valence-corrected chi connectivity index (χ2v) is 6.62. The molecule has 0 unspecified atom stereocenters. The summed E-state index contributed by atoms with van der Waals surface area (Å²) < 4.78 is 4.87. The number of rotatable bonds is 6. The van der Waals surface area contributed by atoms with E-state index >= 15 is 0 Å². The van der Waals surface area contributed by atoms with Gasteiger partial charge in [0.05, 0.1) is 4.92 Å². The molecule has 0 radical (unpaired) electrons. The Labute approximate surface area is 154 Å². The van der Waals surface area contributed by atoms with E-state index in [-0.39, 0.29) is 11.4 Å². The van der Waals surface area contributed by atoms with Crippen molar-refractivity contribution in [3.63, 3.8) is 0 Å². The van der Waals surface area contributed by atoms with Crippen molar-refractivity contribution in [3.05, 3.63) is 61.3 Å². The van der Waals surface area contributed by atoms with Gasteiger partial charge in [0.15, 0.2) is 6.61 Å². The van der Waals surface area contributed by atoms with E-state index < -0.39 is 23.4 Å². The van der Waals surface area contributed by atoms with Crippen LogP contribution < -0.4 is 5.32 Å². The van der Waals surface area contributed by atoms with Gasteiger partial charge >= 0.3 is 5.97 Å². The highest BCUT2D eigenvalue weighted by Crippen LogP contribution is 2.27. The van der Waals surface area contributed by atoms with Gasteiger partial charge in [0.25, 0.3) is 11.6 Å². The number of carbonyl (C=O) groups excluding carboxylic acids is 2. The molecule has 0 saturated heterocycles. The number of hydrogen-bond acceptors (Lipinski definition) is 6. The molecule has 1 N–H and O–H groups in total. The van der Waals surface area contributed by atoms with Crippen molar-refractivity contribution in [2.75, 3.05) is 11.9 Å². The number of esters is 1. The number of amides is 1. The normalized spacial score (nSPS) is 10.7. The molecule has 2 aromatic rings. The van der Waals surface area contributed by atoms with Gasteiger partial charge in [0.1, 0.15) is 5.69 Å². The van der Waals surface area contributed by atoms with E-state index in [1.165, 1.54) is 29.5 Å². The van der Waals surface area contributed by atoms with Crippen molar-refractivity contribution in [2.24, 2.45) is 0 Å². The minimum atomic E-state index is -0.664. The lowest BCUT2D eigenvalue weighted by molar-refractivity contribution is -0.384. The van der Waals surface area contributed by atoms with Crippen LogP contribution >= 0.6 is 11.3 Å². The monoisotopic (exact) mass is 374 g/mol. The van der Waals surface area contributed by atoms with Crippen molar-refractivity contribution in [1.29, 1.82) is 0 Å². The predicted molar refractivity (Wildman–Crippen MR) is 100 cm³/mol. The van der Waals surface area contributed by atoms with E-state index in [0.717, 1.165) is 21.6 Å². The highest BCUT2D eigenvalue weighted by Gasteiger charge is 2.18. The van der Waals surface area contributed by atoms with Crippen LogP contribution in [0.2, 0.25) is 0 Å². The first-order valence-corrected chi connectivity index (χ1v) is 8.60. The largest absolute Gasteiger partial charge is 0.452 e. The zero-order chi connectivity index (χ0) is 19.3. The second-order valence-electron chi connectivity index (χ2n) is 5.67. The summed E-state index contributed by atoms with van der Waals surface area (Å²) in [6, 6.07) is 4.84. The summed E-state index contributed by atoms with van der Waals surface area (Å²) in [7, 11) is 0. The van der Waals surface area contributed by atoms with Gasteiger partial charge in [0.2, 0.25) is 0 Å². The number of thiophene rings is 1. The molecule has 0 bridgehead atoms. The zero-order valence-corrected chi connectivity index (χ0v) is 15.4. The van der Waals surface area contributed by atoms with Crippen LogP contribution in [0.15, 0.2) is 29.7 Å². The quantitative estimate of drug-likeness (QED) is 0.359. The van der Waals surface area contributed by atoms with E-state index in [0.29, 0.717) is 0 Å². The van der Waals surface area contributed by atoms with Gasteiger partial charge in [-0.25, -0.2) is 4.79 Å². The molecule has 1 heterocycles. The number of ether oxygens (including phenoxy) is 1. The summed E-state index contributed by atoms with van der Waals surface area (Å²) in [5.74, 6) is -1.31. The molecule has 2 rings (SSSR count). The molecule has 8 heteroatoms. The molecule has 1 aromatic heterocycles. The van der Waals surface area contributed by atoms with Crippen molar-refractivity contribution in [3.8, 4) is 0 Å². The third kappa shape index (κ3) is 5.00. The standard InChI is InChI=1S/C18H18N2O5S/c1-11-6-7-26-16(11)4-5-18(22)25-10-17(21)19-14-8-12(2)13(3)9-15(14)20(23)24/h4-9H,10H2,1-3H3,(H,19,21)/b5-4+. The fourth-order valence-electron chi connectivity index (χ4n) is 2.12. The third-order valence-electron chi connectivity index (χ3n) is 3.70. The van der Waals surface area contributed by atoms with Crippen LogP contribution in [0.5, 0.6) is 0 Å². The molecule has 26 heavy (non-hydrogen) atoms. The number of hydrogen-bond donors (Lipinski definition) is 1. The fraction of sp³-hybridized carbons (Fsp3) is 0.222. The lowest BCUT2D eigenvalue weighted by Crippen LogP contribution is -2.20. The van der Waals surface area contributed by atoms with Crippen LogP contribution in [0, 0.1) is 30.9 Å². The molecule has 0 aliphatic rings. The van der Waals surface area contributed by atoms with Crippen LogP contribution in [0.3, 0.4) is 0 Å². The number of nitro groups is 1. The summed E-state index contributed by atoms with van der Waals surface area (Å²) in [5.41, 5.74) is 2.45. The molecule has 0 atom stereocenters. The number of anilines is 1. The highest BCUT2D eigenvalue weighted by molar-refractivity contribution is 7.11. The molecular formula is C18H18N2O5S. The Morgan fingerprint density at radius 3 is 2.54 bits per heavy atom. The maximum absolute atomic E-state index is 11.9. The van der Waals surface area contributed by atoms with Crippen LogP contribution in [0.1, 0.15) is 21.6 Å². The molecule has 0 fully saturated rings. The number of carbonyl (C=O) groups is 2. The van der Waals surface area contributed by atoms with E-state index in [9.17, 15) is 19.7 Å². The first-order valence-electron chi connectivity index (χ1n) is 7.72. The van der Waals surface area contributed by atoms with Crippen molar-refractivity contribution >= 4 is 40.7 Å². The molecule has 1 amide bonds. The van der Waals surface area contributed by atoms with Crippen molar-refractivity contribution in [2.45, 2.75) is 20.8 Å². The van der Waals surface area contributed by atoms with Gasteiger partial charge in [-0.05, 0) is 61.1 Å². The molecule has 0 saturated carbocycles. The summed E-state index contributed by atoms with van der Waals surface area (Å²) in [4.78, 5) is 35.1. The molecule has 7 nitrogen and oxygen atoms in total. The molecular weight excluding hydrogens is 356 g/mol. The molecule has 1 aromatic carbocycles. The second kappa shape index (κ2) is 8.39. The van der Waals surface area contributed by atoms with E-state index in [2.05, 4.69) is 5.32 Å². The Balaban J connectivity index is 1.96. The number of aryl methyl sites for hydroxylation is 3. The molecule has 0 spiro atoms. The first kappa shape index (κ1) is 19.3. The average molecular weight is 374 g/mol. The van der Waals surface area contributed by atoms with E-state index in [1.807, 2.05) is 18.4 Å². The summed E-state index contributed by atoms with van der Waals surface area (Å²) in [6.45, 7) is 4.92. The van der Waals surface area contributed by atoms with Gasteiger partial charge in [-0.1, -0.05) is 0 Å². The molecule has 136 valence electrons. The smallest absolute Gasteiger partial charge is 0.331 e. The Morgan fingerprint density at radius 1 is 1.23 bits per heavy atom. The van der Waals surface area contributed by atoms with Crippen LogP contribution in [0.4, 0.5) is 11.4 Å². The Kier molecular flexibility index (Phi) is 6.24. The van der Waals surface area contributed by atoms with Gasteiger partial charge in [-0.15, -0.1) is 11.3 Å². The lowest BCUT2D eigenvalue weighted by Gasteiger charge is -2.09. The minimum Gasteiger partial charge on any atom is -0.452 e. The number of nitrogens with zero attached hydrogens (tertiary/aromatic N) is 1. The Morgan fingerprint density at radius 2 is 1.92 bits per heavy atom. The zero-order valence-electron chi connectivity index (χ0n) is 14.6. The van der Waals surface area contributed by atoms with Crippen molar-refractivity contribution < 1.29 is 19.2 Å². The Bertz CT molecular complexity index is 886. The number of benzene rings is 1. The molecule has 0 aliphatic carbocycles. The lowest BCUT2D eigenvalue weighted by atomic mass is 10.1. The number of nitro benzene ring substituents is 1. The summed E-state index contributed by atoms with van der Waals surface area (Å²) >= 11 is 1.49. The average Bonchev–Trinajstić information content (AvgIpc) is 2.99. The maximum Gasteiger partial charge on any atom is 0.331 e. The van der Waals surface area contributed by atoms with Crippen LogP contribution in [0.25, 0.3) is 6.08 Å². The predicted octanol–water partition coefficient (Wildman–Crippen LogP) is 3.78. The third-order valence-corrected chi connectivity index (χ3v) is 4.68. The summed E-state index contributed by atoms with van der Waals surface area (Å²) in [5, 5.41) is 15.4. The number of nitrogens with one attached hydrogen (secondary N) is 1. The highest BCUT2D eigenvalue weighted by atomic mass is 32.1. The SMILES string of the molecule is Cc1cc(NC(=O)COC(=O)/C=C/c2sccc2C)c([N+](=O)[O-])cc1C. The van der Waals surface area contributed by atoms with Crippen LogP contribution in [-0.4, -0.2) is 23.4 Å². The van der Waals surface area contributed by atoms with Gasteiger partial charge in [-0.3, -0.25) is 14.9 Å². The van der Waals surface area contributed by atoms with Crippen LogP contribution in [-0.2, 0) is 14.3 Å². The van der Waals surface area contributed by atoms with Gasteiger partial charge in [-0.2, -0.15) is 0 Å². The van der Waals surface area contributed by atoms with Gasteiger partial charge < -0.3 is 10.1 Å². The van der Waals surface area contributed by atoms with E-state index in [1.54, 1.807) is 19.9 Å². The van der Waals surface area contributed by atoms with Gasteiger partial charge in [0, 0.05) is 17.0 Å². The minimum absolute atomic E-state index is 0.0731. The summed E-state index contributed by atoms with van der Waals surface area (Å²) in [6.07, 6.45) is 2.86. The first-order chi connectivity index (χ1) is 12.3. The topological polar surface area (TPSA) is 98.5 Å². The fourth-order valence-corrected chi connectivity index (χ4v) is 2.94. The van der Waals surface area contributed by atoms with E-state index in [4.69, 9.17) is 4.74 Å². The maximum atomic E-state index is 11.9.